The van der Waals surface area contributed by atoms with Crippen molar-refractivity contribution in [1.29, 1.82) is 0 Å². The van der Waals surface area contributed by atoms with Crippen LogP contribution >= 0.6 is 0 Å². The Morgan fingerprint density at radius 1 is 1.06 bits per heavy atom. The van der Waals surface area contributed by atoms with E-state index in [4.69, 9.17) is 9.47 Å². The third kappa shape index (κ3) is 4.59. The highest BCUT2D eigenvalue weighted by Gasteiger charge is 2.54. The number of carbonyl (C=O) groups is 2. The summed E-state index contributed by atoms with van der Waals surface area (Å²) in [5.41, 5.74) is -0.519. The minimum absolute atomic E-state index is 0.000823. The second-order valence-corrected chi connectivity index (χ2v) is 11.3. The minimum Gasteiger partial charge on any atom is -0.462 e. The van der Waals surface area contributed by atoms with E-state index in [0.29, 0.717) is 11.8 Å². The van der Waals surface area contributed by atoms with Gasteiger partial charge in [-0.1, -0.05) is 31.1 Å². The minimum atomic E-state index is -0.519. The molecule has 5 nitrogen and oxygen atoms in total. The molecule has 4 fully saturated rings. The lowest BCUT2D eigenvalue weighted by atomic mass is 9.57. The number of piperidine rings is 1. The van der Waals surface area contributed by atoms with Gasteiger partial charge in [0.1, 0.15) is 11.7 Å². The molecule has 2 saturated heterocycles. The lowest BCUT2D eigenvalue weighted by molar-refractivity contribution is -0.144. The zero-order valence-electron chi connectivity index (χ0n) is 19.9. The monoisotopic (exact) mass is 429 g/mol. The van der Waals surface area contributed by atoms with Crippen LogP contribution in [-0.4, -0.2) is 40.8 Å². The summed E-state index contributed by atoms with van der Waals surface area (Å²) in [6, 6.07) is 0.00842. The molecule has 31 heavy (non-hydrogen) atoms. The summed E-state index contributed by atoms with van der Waals surface area (Å²) in [4.78, 5) is 27.3. The predicted octanol–water partition coefficient (Wildman–Crippen LogP) is 5.17. The number of likely N-dealkylation sites (tertiary alicyclic amines) is 1. The van der Waals surface area contributed by atoms with E-state index in [1.54, 1.807) is 0 Å². The van der Waals surface area contributed by atoms with Crippen molar-refractivity contribution in [3.05, 3.63) is 0 Å². The Morgan fingerprint density at radius 2 is 1.81 bits per heavy atom. The van der Waals surface area contributed by atoms with Gasteiger partial charge >= 0.3 is 12.1 Å². The van der Waals surface area contributed by atoms with Crippen molar-refractivity contribution in [2.24, 2.45) is 29.6 Å². The number of ether oxygens (including phenoxy) is 2. The van der Waals surface area contributed by atoms with Gasteiger partial charge in [0, 0.05) is 17.9 Å². The van der Waals surface area contributed by atoms with E-state index in [0.717, 1.165) is 25.7 Å². The third-order valence-electron chi connectivity index (χ3n) is 7.94. The smallest absolute Gasteiger partial charge is 0.411 e. The molecule has 2 aliphatic heterocycles. The molecule has 0 bridgehead atoms. The molecule has 4 rings (SSSR count). The quantitative estimate of drug-likeness (QED) is 0.394. The van der Waals surface area contributed by atoms with Crippen LogP contribution in [0.15, 0.2) is 0 Å². The van der Waals surface area contributed by atoms with Crippen molar-refractivity contribution in [2.45, 2.75) is 110 Å². The van der Waals surface area contributed by atoms with Crippen molar-refractivity contribution < 1.29 is 19.1 Å². The molecule has 0 aromatic rings. The number of rotatable bonds is 0. The molecule has 0 spiro atoms. The first-order chi connectivity index (χ1) is 14.7. The maximum Gasteiger partial charge on any atom is 0.411 e. The summed E-state index contributed by atoms with van der Waals surface area (Å²) in [7, 11) is 0. The molecule has 0 aromatic heterocycles. The van der Waals surface area contributed by atoms with Crippen LogP contribution in [0.2, 0.25) is 0 Å². The topological polar surface area (TPSA) is 55.8 Å². The summed E-state index contributed by atoms with van der Waals surface area (Å²) in [5, 5.41) is 0. The van der Waals surface area contributed by atoms with Gasteiger partial charge in [0.15, 0.2) is 0 Å². The van der Waals surface area contributed by atoms with Gasteiger partial charge in [-0.3, -0.25) is 9.69 Å². The lowest BCUT2D eigenvalue weighted by Crippen LogP contribution is -2.50. The Morgan fingerprint density at radius 3 is 2.55 bits per heavy atom. The Hall–Kier alpha value is -1.70. The number of fused-ring (bicyclic) bond motifs is 2. The highest BCUT2D eigenvalue weighted by molar-refractivity contribution is 5.75. The number of hydrogen-bond acceptors (Lipinski definition) is 4. The number of nitrogens with zero attached hydrogens (tertiary/aromatic N) is 1. The van der Waals surface area contributed by atoms with Gasteiger partial charge in [-0.05, 0) is 78.6 Å². The second-order valence-electron chi connectivity index (χ2n) is 11.3. The van der Waals surface area contributed by atoms with Gasteiger partial charge in [0.2, 0.25) is 0 Å². The SMILES string of the molecule is C[C@@H]1OC(=O)[C@@H]2C[C@@H]3CCCC[C@H]3[C@H](C#C[C@H]3CCC[C@H](C)N3C(=O)OC(C)(C)C)[C@H]12. The average Bonchev–Trinajstić information content (AvgIpc) is 2.97. The summed E-state index contributed by atoms with van der Waals surface area (Å²) < 4.78 is 11.4. The molecule has 0 unspecified atom stereocenters. The second kappa shape index (κ2) is 8.68. The van der Waals surface area contributed by atoms with Crippen LogP contribution in [-0.2, 0) is 14.3 Å². The van der Waals surface area contributed by atoms with Gasteiger partial charge in [0.25, 0.3) is 0 Å². The van der Waals surface area contributed by atoms with E-state index in [1.165, 1.54) is 25.7 Å². The predicted molar refractivity (Wildman–Crippen MR) is 119 cm³/mol. The molecule has 1 amide bonds. The van der Waals surface area contributed by atoms with Crippen molar-refractivity contribution in [1.82, 2.24) is 4.90 Å². The van der Waals surface area contributed by atoms with E-state index in [-0.39, 0.29) is 48.0 Å². The van der Waals surface area contributed by atoms with Gasteiger partial charge in [-0.25, -0.2) is 4.79 Å². The molecule has 8 atom stereocenters. The van der Waals surface area contributed by atoms with Gasteiger partial charge < -0.3 is 9.47 Å². The molecule has 0 N–H and O–H groups in total. The van der Waals surface area contributed by atoms with Crippen molar-refractivity contribution in [2.75, 3.05) is 0 Å². The number of carbonyl (C=O) groups excluding carboxylic acids is 2. The maximum atomic E-state index is 13.0. The fourth-order valence-electron chi connectivity index (χ4n) is 6.59. The summed E-state index contributed by atoms with van der Waals surface area (Å²) in [5.74, 6) is 8.67. The molecule has 0 aromatic carbocycles. The fourth-order valence-corrected chi connectivity index (χ4v) is 6.59. The van der Waals surface area contributed by atoms with Crippen LogP contribution < -0.4 is 0 Å². The Kier molecular flexibility index (Phi) is 6.30. The normalized spacial score (nSPS) is 40.2. The standard InChI is InChI=1S/C26H39NO4/c1-16-9-8-11-19(27(16)25(29)31-26(3,4)5)13-14-21-20-12-7-6-10-18(20)15-22-23(21)17(2)30-24(22)28/h16-23H,6-12,15H2,1-5H3/t16-,17-,18-,19+,20+,21-,22+,23-/m0/s1. The van der Waals surface area contributed by atoms with E-state index in [1.807, 2.05) is 32.6 Å². The van der Waals surface area contributed by atoms with Crippen LogP contribution in [0, 0.1) is 41.4 Å². The number of cyclic esters (lactones) is 1. The first-order valence-electron chi connectivity index (χ1n) is 12.4. The molecule has 2 heterocycles. The van der Waals surface area contributed by atoms with Crippen LogP contribution in [0.5, 0.6) is 0 Å². The molecule has 2 saturated carbocycles. The van der Waals surface area contributed by atoms with Gasteiger partial charge in [-0.15, -0.1) is 0 Å². The van der Waals surface area contributed by atoms with Crippen molar-refractivity contribution >= 4 is 12.1 Å². The summed E-state index contributed by atoms with van der Waals surface area (Å²) >= 11 is 0. The molecular formula is C26H39NO4. The van der Waals surface area contributed by atoms with E-state index < -0.39 is 5.60 Å². The van der Waals surface area contributed by atoms with Gasteiger partial charge in [-0.2, -0.15) is 0 Å². The Balaban J connectivity index is 1.60. The van der Waals surface area contributed by atoms with Crippen LogP contribution in [0.1, 0.15) is 86.0 Å². The number of esters is 1. The van der Waals surface area contributed by atoms with E-state index >= 15 is 0 Å². The average molecular weight is 430 g/mol. The summed E-state index contributed by atoms with van der Waals surface area (Å²) in [6.45, 7) is 9.85. The van der Waals surface area contributed by atoms with Crippen molar-refractivity contribution in [3.8, 4) is 11.8 Å². The Labute approximate surface area is 187 Å². The highest BCUT2D eigenvalue weighted by atomic mass is 16.6. The maximum absolute atomic E-state index is 13.0. The molecule has 0 radical (unpaired) electrons. The van der Waals surface area contributed by atoms with Crippen molar-refractivity contribution in [3.63, 3.8) is 0 Å². The molecule has 172 valence electrons. The van der Waals surface area contributed by atoms with Crippen LogP contribution in [0.25, 0.3) is 0 Å². The third-order valence-corrected chi connectivity index (χ3v) is 7.94. The van der Waals surface area contributed by atoms with Crippen LogP contribution in [0.3, 0.4) is 0 Å². The van der Waals surface area contributed by atoms with Gasteiger partial charge in [0.05, 0.1) is 12.0 Å². The number of hydrogen-bond donors (Lipinski definition) is 0. The zero-order valence-corrected chi connectivity index (χ0v) is 19.9. The largest absolute Gasteiger partial charge is 0.462 e. The molecule has 4 aliphatic rings. The lowest BCUT2D eigenvalue weighted by Gasteiger charge is -2.45. The summed E-state index contributed by atoms with van der Waals surface area (Å²) in [6.07, 6.45) is 8.51. The molecule has 5 heteroatoms. The fraction of sp³-hybridized carbons (Fsp3) is 0.846. The zero-order chi connectivity index (χ0) is 22.3. The van der Waals surface area contributed by atoms with Crippen LogP contribution in [0.4, 0.5) is 4.79 Å². The van der Waals surface area contributed by atoms with E-state index in [2.05, 4.69) is 18.8 Å². The molecule has 2 aliphatic carbocycles. The Bertz CT molecular complexity index is 760. The first-order valence-corrected chi connectivity index (χ1v) is 12.4. The number of amides is 1. The van der Waals surface area contributed by atoms with E-state index in [9.17, 15) is 9.59 Å². The highest BCUT2D eigenvalue weighted by Crippen LogP contribution is 2.52. The first kappa shape index (κ1) is 22.5. The molecular weight excluding hydrogens is 390 g/mol.